The summed E-state index contributed by atoms with van der Waals surface area (Å²) < 4.78 is 12.4. The molecule has 3 heterocycles. The highest BCUT2D eigenvalue weighted by atomic mass is 32.1. The van der Waals surface area contributed by atoms with Gasteiger partial charge in [-0.15, -0.1) is 11.3 Å². The monoisotopic (exact) mass is 267 g/mol. The third kappa shape index (κ3) is 2.23. The second-order valence-corrected chi connectivity index (χ2v) is 6.06. The fourth-order valence-electron chi connectivity index (χ4n) is 2.91. The van der Waals surface area contributed by atoms with Crippen molar-refractivity contribution in [3.63, 3.8) is 0 Å². The average molecular weight is 267 g/mol. The molecule has 1 N–H and O–H groups in total. The van der Waals surface area contributed by atoms with Gasteiger partial charge in [-0.1, -0.05) is 19.4 Å². The minimum atomic E-state index is -0.488. The van der Waals surface area contributed by atoms with E-state index in [0.29, 0.717) is 12.6 Å². The van der Waals surface area contributed by atoms with E-state index >= 15 is 0 Å². The maximum absolute atomic E-state index is 6.31. The molecule has 1 aromatic rings. The molecule has 0 aliphatic carbocycles. The molecule has 3 nitrogen and oxygen atoms in total. The van der Waals surface area contributed by atoms with Crippen LogP contribution >= 0.6 is 11.3 Å². The molecule has 0 saturated carbocycles. The molecule has 1 aromatic heterocycles. The number of ether oxygens (including phenoxy) is 2. The fraction of sp³-hybridized carbons (Fsp3) is 0.714. The Bertz CT molecular complexity index is 375. The fourth-order valence-corrected chi connectivity index (χ4v) is 3.80. The van der Waals surface area contributed by atoms with Crippen molar-refractivity contribution in [2.24, 2.45) is 0 Å². The molecule has 3 atom stereocenters. The zero-order valence-corrected chi connectivity index (χ0v) is 11.7. The second kappa shape index (κ2) is 5.29. The van der Waals surface area contributed by atoms with Crippen molar-refractivity contribution in [1.82, 2.24) is 5.32 Å². The van der Waals surface area contributed by atoms with Crippen LogP contribution in [0.4, 0.5) is 0 Å². The van der Waals surface area contributed by atoms with Gasteiger partial charge in [0.05, 0.1) is 11.5 Å². The highest BCUT2D eigenvalue weighted by molar-refractivity contribution is 7.10. The van der Waals surface area contributed by atoms with E-state index in [1.54, 1.807) is 11.3 Å². The van der Waals surface area contributed by atoms with Crippen molar-refractivity contribution in [3.8, 4) is 0 Å². The Kier molecular flexibility index (Phi) is 3.71. The molecule has 0 amide bonds. The SMILES string of the molecule is CC[C@]1(c2cccs2)OC[C@H]([C@@H]2CCCCN2)O1. The maximum Gasteiger partial charge on any atom is 0.204 e. The number of thiophene rings is 1. The zero-order valence-electron chi connectivity index (χ0n) is 10.9. The number of rotatable bonds is 3. The summed E-state index contributed by atoms with van der Waals surface area (Å²) in [6.45, 7) is 3.96. The lowest BCUT2D eigenvalue weighted by Crippen LogP contribution is -2.44. The summed E-state index contributed by atoms with van der Waals surface area (Å²) in [5.41, 5.74) is 0. The summed E-state index contributed by atoms with van der Waals surface area (Å²) in [5.74, 6) is -0.488. The molecule has 0 spiro atoms. The molecule has 4 heteroatoms. The normalized spacial score (nSPS) is 36.9. The lowest BCUT2D eigenvalue weighted by Gasteiger charge is -2.30. The topological polar surface area (TPSA) is 30.5 Å². The van der Waals surface area contributed by atoms with Gasteiger partial charge in [0.2, 0.25) is 5.79 Å². The summed E-state index contributed by atoms with van der Waals surface area (Å²) in [4.78, 5) is 1.20. The van der Waals surface area contributed by atoms with Crippen LogP contribution in [0.3, 0.4) is 0 Å². The van der Waals surface area contributed by atoms with Crippen LogP contribution in [0.15, 0.2) is 17.5 Å². The number of piperidine rings is 1. The molecular formula is C14H21NO2S. The number of hydrogen-bond acceptors (Lipinski definition) is 4. The maximum atomic E-state index is 6.31. The van der Waals surface area contributed by atoms with Gasteiger partial charge in [0.25, 0.3) is 0 Å². The quantitative estimate of drug-likeness (QED) is 0.913. The van der Waals surface area contributed by atoms with Crippen LogP contribution in [0.1, 0.15) is 37.5 Å². The number of hydrogen-bond donors (Lipinski definition) is 1. The van der Waals surface area contributed by atoms with E-state index in [1.807, 2.05) is 0 Å². The van der Waals surface area contributed by atoms with Gasteiger partial charge in [-0.2, -0.15) is 0 Å². The zero-order chi connectivity index (χ0) is 12.4. The van der Waals surface area contributed by atoms with Crippen LogP contribution in [0.25, 0.3) is 0 Å². The van der Waals surface area contributed by atoms with Crippen molar-refractivity contribution in [1.29, 1.82) is 0 Å². The van der Waals surface area contributed by atoms with Gasteiger partial charge in [-0.3, -0.25) is 0 Å². The molecule has 2 fully saturated rings. The summed E-state index contributed by atoms with van der Waals surface area (Å²) in [6.07, 6.45) is 4.87. The summed E-state index contributed by atoms with van der Waals surface area (Å²) in [5, 5.41) is 5.66. The van der Waals surface area contributed by atoms with Gasteiger partial charge >= 0.3 is 0 Å². The van der Waals surface area contributed by atoms with E-state index in [2.05, 4.69) is 29.8 Å². The summed E-state index contributed by atoms with van der Waals surface area (Å²) >= 11 is 1.72. The lowest BCUT2D eigenvalue weighted by molar-refractivity contribution is -0.179. The van der Waals surface area contributed by atoms with Crippen molar-refractivity contribution in [3.05, 3.63) is 22.4 Å². The minimum absolute atomic E-state index is 0.201. The molecule has 2 aliphatic heterocycles. The first-order valence-corrected chi connectivity index (χ1v) is 7.81. The molecular weight excluding hydrogens is 246 g/mol. The third-order valence-electron chi connectivity index (χ3n) is 3.98. The van der Waals surface area contributed by atoms with Gasteiger partial charge in [0.15, 0.2) is 0 Å². The molecule has 0 bridgehead atoms. The van der Waals surface area contributed by atoms with Crippen LogP contribution in [-0.4, -0.2) is 25.3 Å². The highest BCUT2D eigenvalue weighted by Gasteiger charge is 2.45. The van der Waals surface area contributed by atoms with Crippen molar-refractivity contribution >= 4 is 11.3 Å². The largest absolute Gasteiger partial charge is 0.342 e. The molecule has 2 aliphatic rings. The Labute approximate surface area is 112 Å². The van der Waals surface area contributed by atoms with E-state index in [9.17, 15) is 0 Å². The van der Waals surface area contributed by atoms with Gasteiger partial charge in [0, 0.05) is 12.5 Å². The molecule has 0 aromatic carbocycles. The van der Waals surface area contributed by atoms with Gasteiger partial charge in [0.1, 0.15) is 6.10 Å². The van der Waals surface area contributed by atoms with E-state index < -0.39 is 5.79 Å². The molecule has 18 heavy (non-hydrogen) atoms. The molecule has 0 radical (unpaired) electrons. The molecule has 100 valence electrons. The minimum Gasteiger partial charge on any atom is -0.342 e. The van der Waals surface area contributed by atoms with Gasteiger partial charge in [-0.25, -0.2) is 0 Å². The Hall–Kier alpha value is -0.420. The van der Waals surface area contributed by atoms with Gasteiger partial charge < -0.3 is 14.8 Å². The Morgan fingerprint density at radius 3 is 3.11 bits per heavy atom. The molecule has 2 saturated heterocycles. The Morgan fingerprint density at radius 1 is 1.50 bits per heavy atom. The smallest absolute Gasteiger partial charge is 0.204 e. The van der Waals surface area contributed by atoms with Crippen molar-refractivity contribution in [2.75, 3.05) is 13.2 Å². The standard InChI is InChI=1S/C14H21NO2S/c1-2-14(13-7-5-9-18-13)16-10-12(17-14)11-6-3-4-8-15-11/h5,7,9,11-12,15H,2-4,6,8,10H2,1H3/t11-,12+,14-/m0/s1. The van der Waals surface area contributed by atoms with Crippen molar-refractivity contribution in [2.45, 2.75) is 50.5 Å². The van der Waals surface area contributed by atoms with Crippen LogP contribution in [0.2, 0.25) is 0 Å². The lowest BCUT2D eigenvalue weighted by atomic mass is 10.0. The first kappa shape index (κ1) is 12.6. The molecule has 3 rings (SSSR count). The average Bonchev–Trinajstić information content (AvgIpc) is 3.10. The predicted octanol–water partition coefficient (Wildman–Crippen LogP) is 2.87. The Morgan fingerprint density at radius 2 is 2.44 bits per heavy atom. The summed E-state index contributed by atoms with van der Waals surface area (Å²) in [7, 11) is 0. The van der Waals surface area contributed by atoms with Gasteiger partial charge in [-0.05, 0) is 30.8 Å². The van der Waals surface area contributed by atoms with E-state index in [-0.39, 0.29) is 6.10 Å². The second-order valence-electron chi connectivity index (χ2n) is 5.11. The first-order chi connectivity index (χ1) is 8.84. The Balaban J connectivity index is 1.72. The van der Waals surface area contributed by atoms with E-state index in [0.717, 1.165) is 13.0 Å². The van der Waals surface area contributed by atoms with E-state index in [4.69, 9.17) is 9.47 Å². The first-order valence-electron chi connectivity index (χ1n) is 6.93. The van der Waals surface area contributed by atoms with Crippen molar-refractivity contribution < 1.29 is 9.47 Å². The van der Waals surface area contributed by atoms with Crippen LogP contribution in [0.5, 0.6) is 0 Å². The predicted molar refractivity (Wildman–Crippen MR) is 72.8 cm³/mol. The van der Waals surface area contributed by atoms with Crippen LogP contribution in [-0.2, 0) is 15.3 Å². The third-order valence-corrected chi connectivity index (χ3v) is 4.98. The van der Waals surface area contributed by atoms with Crippen LogP contribution in [0, 0.1) is 0 Å². The summed E-state index contributed by atoms with van der Waals surface area (Å²) in [6, 6.07) is 4.65. The highest BCUT2D eigenvalue weighted by Crippen LogP contribution is 2.40. The van der Waals surface area contributed by atoms with Crippen LogP contribution < -0.4 is 5.32 Å². The van der Waals surface area contributed by atoms with E-state index in [1.165, 1.54) is 24.1 Å². The molecule has 0 unspecified atom stereocenters. The number of nitrogens with one attached hydrogen (secondary N) is 1.